The average molecular weight is 293 g/mol. The molecule has 2 amide bonds. The number of nitrogens with one attached hydrogen (secondary N) is 1. The Morgan fingerprint density at radius 2 is 2.19 bits per heavy atom. The predicted octanol–water partition coefficient (Wildman–Crippen LogP) is 1.63. The van der Waals surface area contributed by atoms with E-state index in [1.807, 2.05) is 13.8 Å². The summed E-state index contributed by atoms with van der Waals surface area (Å²) in [5.74, 6) is -0.657. The van der Waals surface area contributed by atoms with Crippen LogP contribution in [0, 0.1) is 5.82 Å². The number of carbonyl (C=O) groups is 2. The van der Waals surface area contributed by atoms with E-state index >= 15 is 0 Å². The molecule has 0 bridgehead atoms. The van der Waals surface area contributed by atoms with Crippen LogP contribution >= 0.6 is 0 Å². The quantitative estimate of drug-likeness (QED) is 0.917. The molecule has 1 aromatic rings. The summed E-state index contributed by atoms with van der Waals surface area (Å²) in [6.07, 6.45) is 4.34. The first-order valence-corrected chi connectivity index (χ1v) is 7.20. The number of amides is 2. The lowest BCUT2D eigenvalue weighted by Crippen LogP contribution is -2.45. The number of carbonyl (C=O) groups excluding carboxylic acids is 2. The van der Waals surface area contributed by atoms with Gasteiger partial charge in [-0.2, -0.15) is 0 Å². The lowest BCUT2D eigenvalue weighted by atomic mass is 10.1. The second-order valence-corrected chi connectivity index (χ2v) is 5.44. The van der Waals surface area contributed by atoms with Gasteiger partial charge in [0.05, 0.1) is 6.20 Å². The Morgan fingerprint density at radius 3 is 2.86 bits per heavy atom. The van der Waals surface area contributed by atoms with Crippen molar-refractivity contribution >= 4 is 11.8 Å². The zero-order chi connectivity index (χ0) is 15.4. The summed E-state index contributed by atoms with van der Waals surface area (Å²) >= 11 is 0. The van der Waals surface area contributed by atoms with Crippen LogP contribution < -0.4 is 5.32 Å². The standard InChI is InChI=1S/C15H20FN3O2/c1-3-4-13-15(21)19(10(2)5-14(20)18-13)9-11-6-12(16)8-17-7-11/h6-8,10,13H,3-5,9H2,1-2H3,(H,18,20). The highest BCUT2D eigenvalue weighted by atomic mass is 19.1. The smallest absolute Gasteiger partial charge is 0.245 e. The molecule has 6 heteroatoms. The SMILES string of the molecule is CCCC1NC(=O)CC(C)N(Cc2cncc(F)c2)C1=O. The molecule has 1 N–H and O–H groups in total. The van der Waals surface area contributed by atoms with Crippen molar-refractivity contribution in [2.24, 2.45) is 0 Å². The molecule has 0 spiro atoms. The summed E-state index contributed by atoms with van der Waals surface area (Å²) in [5.41, 5.74) is 0.625. The second kappa shape index (κ2) is 6.65. The van der Waals surface area contributed by atoms with Crippen LogP contribution in [0.15, 0.2) is 18.5 Å². The maximum absolute atomic E-state index is 13.2. The fourth-order valence-electron chi connectivity index (χ4n) is 2.57. The summed E-state index contributed by atoms with van der Waals surface area (Å²) in [5, 5.41) is 2.77. The molecule has 1 aromatic heterocycles. The van der Waals surface area contributed by atoms with E-state index in [1.54, 1.807) is 4.90 Å². The molecule has 21 heavy (non-hydrogen) atoms. The summed E-state index contributed by atoms with van der Waals surface area (Å²) < 4.78 is 13.2. The summed E-state index contributed by atoms with van der Waals surface area (Å²) in [7, 11) is 0. The van der Waals surface area contributed by atoms with Crippen molar-refractivity contribution in [1.82, 2.24) is 15.2 Å². The number of hydrogen-bond donors (Lipinski definition) is 1. The Morgan fingerprint density at radius 1 is 1.43 bits per heavy atom. The Hall–Kier alpha value is -1.98. The Bertz CT molecular complexity index is 535. The molecule has 1 fully saturated rings. The molecule has 2 heterocycles. The number of halogens is 1. The first-order chi connectivity index (χ1) is 10.0. The molecule has 5 nitrogen and oxygen atoms in total. The molecule has 0 saturated carbocycles. The van der Waals surface area contributed by atoms with Crippen LogP contribution in [0.3, 0.4) is 0 Å². The van der Waals surface area contributed by atoms with Crippen molar-refractivity contribution in [3.8, 4) is 0 Å². The van der Waals surface area contributed by atoms with E-state index < -0.39 is 11.9 Å². The first kappa shape index (κ1) is 15.4. The highest BCUT2D eigenvalue weighted by Gasteiger charge is 2.33. The van der Waals surface area contributed by atoms with Crippen molar-refractivity contribution in [2.75, 3.05) is 0 Å². The Balaban J connectivity index is 2.21. The minimum absolute atomic E-state index is 0.112. The molecule has 0 radical (unpaired) electrons. The second-order valence-electron chi connectivity index (χ2n) is 5.44. The predicted molar refractivity (Wildman–Crippen MR) is 75.7 cm³/mol. The van der Waals surface area contributed by atoms with Crippen LogP contribution in [-0.4, -0.2) is 33.8 Å². The maximum atomic E-state index is 13.2. The third-order valence-electron chi connectivity index (χ3n) is 3.62. The van der Waals surface area contributed by atoms with Crippen LogP contribution in [0.25, 0.3) is 0 Å². The van der Waals surface area contributed by atoms with Crippen molar-refractivity contribution in [3.63, 3.8) is 0 Å². The van der Waals surface area contributed by atoms with Crippen LogP contribution in [0.2, 0.25) is 0 Å². The summed E-state index contributed by atoms with van der Waals surface area (Å²) in [6, 6.07) is 0.652. The molecule has 0 aliphatic carbocycles. The summed E-state index contributed by atoms with van der Waals surface area (Å²) in [4.78, 5) is 29.8. The number of hydrogen-bond acceptors (Lipinski definition) is 3. The minimum Gasteiger partial charge on any atom is -0.344 e. The van der Waals surface area contributed by atoms with Gasteiger partial charge in [0.25, 0.3) is 0 Å². The van der Waals surface area contributed by atoms with Crippen LogP contribution in [-0.2, 0) is 16.1 Å². The van der Waals surface area contributed by atoms with Crippen LogP contribution in [0.5, 0.6) is 0 Å². The average Bonchev–Trinajstić information content (AvgIpc) is 2.51. The van der Waals surface area contributed by atoms with E-state index in [-0.39, 0.29) is 30.8 Å². The number of nitrogens with zero attached hydrogens (tertiary/aromatic N) is 2. The van der Waals surface area contributed by atoms with Crippen molar-refractivity contribution in [2.45, 2.75) is 51.7 Å². The number of pyridine rings is 1. The van der Waals surface area contributed by atoms with Gasteiger partial charge in [-0.15, -0.1) is 0 Å². The van der Waals surface area contributed by atoms with Crippen molar-refractivity contribution in [3.05, 3.63) is 29.8 Å². The van der Waals surface area contributed by atoms with E-state index in [2.05, 4.69) is 10.3 Å². The lowest BCUT2D eigenvalue weighted by Gasteiger charge is -2.28. The van der Waals surface area contributed by atoms with Gasteiger partial charge in [0.15, 0.2) is 0 Å². The Labute approximate surface area is 123 Å². The topological polar surface area (TPSA) is 62.3 Å². The fraction of sp³-hybridized carbons (Fsp3) is 0.533. The van der Waals surface area contributed by atoms with E-state index in [9.17, 15) is 14.0 Å². The van der Waals surface area contributed by atoms with Gasteiger partial charge in [-0.25, -0.2) is 4.39 Å². The van der Waals surface area contributed by atoms with Gasteiger partial charge in [0.1, 0.15) is 11.9 Å². The highest BCUT2D eigenvalue weighted by Crippen LogP contribution is 2.17. The first-order valence-electron chi connectivity index (χ1n) is 7.20. The monoisotopic (exact) mass is 293 g/mol. The van der Waals surface area contributed by atoms with E-state index in [4.69, 9.17) is 0 Å². The molecular weight excluding hydrogens is 273 g/mol. The molecule has 0 aromatic carbocycles. The third-order valence-corrected chi connectivity index (χ3v) is 3.62. The molecule has 1 aliphatic heterocycles. The van der Waals surface area contributed by atoms with Crippen LogP contribution in [0.4, 0.5) is 4.39 Å². The van der Waals surface area contributed by atoms with E-state index in [0.29, 0.717) is 12.0 Å². The zero-order valence-corrected chi connectivity index (χ0v) is 12.3. The molecule has 2 rings (SSSR count). The van der Waals surface area contributed by atoms with Gasteiger partial charge in [-0.1, -0.05) is 13.3 Å². The minimum atomic E-state index is -0.492. The Kier molecular flexibility index (Phi) is 4.88. The normalized spacial score (nSPS) is 22.9. The van der Waals surface area contributed by atoms with Crippen molar-refractivity contribution < 1.29 is 14.0 Å². The molecule has 1 aliphatic rings. The largest absolute Gasteiger partial charge is 0.344 e. The van der Waals surface area contributed by atoms with E-state index in [1.165, 1.54) is 12.3 Å². The van der Waals surface area contributed by atoms with Crippen molar-refractivity contribution in [1.29, 1.82) is 0 Å². The molecule has 114 valence electrons. The molecular formula is C15H20FN3O2. The van der Waals surface area contributed by atoms with Gasteiger partial charge in [0, 0.05) is 25.2 Å². The van der Waals surface area contributed by atoms with Crippen LogP contribution in [0.1, 0.15) is 38.7 Å². The van der Waals surface area contributed by atoms with Gasteiger partial charge in [-0.05, 0) is 25.0 Å². The number of aromatic nitrogens is 1. The molecule has 2 atom stereocenters. The zero-order valence-electron chi connectivity index (χ0n) is 12.3. The van der Waals surface area contributed by atoms with E-state index in [0.717, 1.165) is 12.6 Å². The van der Waals surface area contributed by atoms with Gasteiger partial charge in [-0.3, -0.25) is 14.6 Å². The maximum Gasteiger partial charge on any atom is 0.245 e. The molecule has 2 unspecified atom stereocenters. The third kappa shape index (κ3) is 3.77. The summed E-state index contributed by atoms with van der Waals surface area (Å²) in [6.45, 7) is 4.06. The van der Waals surface area contributed by atoms with Gasteiger partial charge < -0.3 is 10.2 Å². The van der Waals surface area contributed by atoms with Gasteiger partial charge in [0.2, 0.25) is 11.8 Å². The van der Waals surface area contributed by atoms with Gasteiger partial charge >= 0.3 is 0 Å². The molecule has 1 saturated heterocycles. The fourth-order valence-corrected chi connectivity index (χ4v) is 2.57. The highest BCUT2D eigenvalue weighted by molar-refractivity contribution is 5.90. The number of rotatable bonds is 4. The lowest BCUT2D eigenvalue weighted by molar-refractivity contribution is -0.135.